The highest BCUT2D eigenvalue weighted by atomic mass is 14.9. The summed E-state index contributed by atoms with van der Waals surface area (Å²) in [5, 5.41) is 3.39. The standard InChI is InChI=1S/C17H23N3/c1-3-14-4-7-17(20-13-14)12-16(18-2)6-5-15-8-10-19-11-9-15/h4,7-11,13,16,18H,3,5-6,12H2,1-2H3. The third kappa shape index (κ3) is 4.42. The van der Waals surface area contributed by atoms with Gasteiger partial charge in [-0.1, -0.05) is 13.0 Å². The summed E-state index contributed by atoms with van der Waals surface area (Å²) in [7, 11) is 2.03. The molecule has 0 spiro atoms. The van der Waals surface area contributed by atoms with Crippen LogP contribution in [0.3, 0.4) is 0 Å². The Kier molecular flexibility index (Phi) is 5.69. The lowest BCUT2D eigenvalue weighted by molar-refractivity contribution is 0.515. The summed E-state index contributed by atoms with van der Waals surface area (Å²) in [4.78, 5) is 8.59. The second-order valence-electron chi connectivity index (χ2n) is 5.10. The van der Waals surface area contributed by atoms with E-state index in [0.717, 1.165) is 31.4 Å². The first-order valence-electron chi connectivity index (χ1n) is 7.31. The second kappa shape index (κ2) is 7.75. The normalized spacial score (nSPS) is 12.3. The molecule has 0 bridgehead atoms. The number of nitrogens with zero attached hydrogens (tertiary/aromatic N) is 2. The van der Waals surface area contributed by atoms with Gasteiger partial charge in [-0.15, -0.1) is 0 Å². The van der Waals surface area contributed by atoms with Crippen molar-refractivity contribution in [1.29, 1.82) is 0 Å². The Morgan fingerprint density at radius 1 is 1.10 bits per heavy atom. The van der Waals surface area contributed by atoms with Gasteiger partial charge in [-0.25, -0.2) is 0 Å². The van der Waals surface area contributed by atoms with E-state index in [1.54, 1.807) is 0 Å². The van der Waals surface area contributed by atoms with Crippen LogP contribution in [0.25, 0.3) is 0 Å². The van der Waals surface area contributed by atoms with Gasteiger partial charge in [-0.2, -0.15) is 0 Å². The molecule has 3 nitrogen and oxygen atoms in total. The number of rotatable bonds is 7. The number of aromatic nitrogens is 2. The van der Waals surface area contributed by atoms with Crippen LogP contribution >= 0.6 is 0 Å². The molecule has 3 heteroatoms. The first-order chi connectivity index (χ1) is 9.81. The monoisotopic (exact) mass is 269 g/mol. The van der Waals surface area contributed by atoms with Crippen LogP contribution in [-0.2, 0) is 19.3 Å². The number of aryl methyl sites for hydroxylation is 2. The first kappa shape index (κ1) is 14.7. The van der Waals surface area contributed by atoms with Crippen LogP contribution in [-0.4, -0.2) is 23.1 Å². The van der Waals surface area contributed by atoms with Crippen molar-refractivity contribution in [3.63, 3.8) is 0 Å². The quantitative estimate of drug-likeness (QED) is 0.840. The van der Waals surface area contributed by atoms with Crippen LogP contribution in [0.4, 0.5) is 0 Å². The number of hydrogen-bond acceptors (Lipinski definition) is 3. The molecule has 0 aliphatic heterocycles. The molecule has 2 heterocycles. The second-order valence-corrected chi connectivity index (χ2v) is 5.10. The van der Waals surface area contributed by atoms with E-state index in [-0.39, 0.29) is 0 Å². The Bertz CT molecular complexity index is 493. The summed E-state index contributed by atoms with van der Waals surface area (Å²) in [6, 6.07) is 8.96. The molecule has 0 fully saturated rings. The maximum absolute atomic E-state index is 4.54. The van der Waals surface area contributed by atoms with Gasteiger partial charge in [-0.05, 0) is 55.6 Å². The molecule has 0 saturated carbocycles. The van der Waals surface area contributed by atoms with Crippen molar-refractivity contribution in [2.75, 3.05) is 7.05 Å². The lowest BCUT2D eigenvalue weighted by Crippen LogP contribution is -2.28. The van der Waals surface area contributed by atoms with Crippen molar-refractivity contribution in [3.05, 3.63) is 59.7 Å². The molecule has 2 aromatic rings. The Labute approximate surface area is 121 Å². The molecular formula is C17H23N3. The summed E-state index contributed by atoms with van der Waals surface area (Å²) < 4.78 is 0. The Balaban J connectivity index is 1.88. The fourth-order valence-electron chi connectivity index (χ4n) is 2.28. The zero-order chi connectivity index (χ0) is 14.2. The SMILES string of the molecule is CCc1ccc(CC(CCc2ccncc2)NC)nc1. The summed E-state index contributed by atoms with van der Waals surface area (Å²) in [6.45, 7) is 2.15. The van der Waals surface area contributed by atoms with E-state index in [0.29, 0.717) is 6.04 Å². The topological polar surface area (TPSA) is 37.8 Å². The average Bonchev–Trinajstić information content (AvgIpc) is 2.53. The molecule has 1 unspecified atom stereocenters. The predicted octanol–water partition coefficient (Wildman–Crippen LogP) is 2.80. The lowest BCUT2D eigenvalue weighted by Gasteiger charge is -2.15. The van der Waals surface area contributed by atoms with Gasteiger partial charge in [0.2, 0.25) is 0 Å². The van der Waals surface area contributed by atoms with Gasteiger partial charge in [0, 0.05) is 36.7 Å². The fourth-order valence-corrected chi connectivity index (χ4v) is 2.28. The smallest absolute Gasteiger partial charge is 0.0419 e. The zero-order valence-electron chi connectivity index (χ0n) is 12.3. The summed E-state index contributed by atoms with van der Waals surface area (Å²) in [6.07, 6.45) is 9.91. The lowest BCUT2D eigenvalue weighted by atomic mass is 10.0. The summed E-state index contributed by atoms with van der Waals surface area (Å²) >= 11 is 0. The van der Waals surface area contributed by atoms with Gasteiger partial charge < -0.3 is 5.32 Å². The molecule has 1 N–H and O–H groups in total. The molecule has 2 rings (SSSR count). The van der Waals surface area contributed by atoms with Crippen LogP contribution in [0.5, 0.6) is 0 Å². The van der Waals surface area contributed by atoms with Crippen LogP contribution < -0.4 is 5.32 Å². The maximum Gasteiger partial charge on any atom is 0.0419 e. The van der Waals surface area contributed by atoms with Gasteiger partial charge in [0.1, 0.15) is 0 Å². The van der Waals surface area contributed by atoms with Crippen LogP contribution in [0.2, 0.25) is 0 Å². The molecule has 0 radical (unpaired) electrons. The number of hydrogen-bond donors (Lipinski definition) is 1. The van der Waals surface area contributed by atoms with Crippen molar-refractivity contribution in [2.24, 2.45) is 0 Å². The molecule has 0 aromatic carbocycles. The zero-order valence-corrected chi connectivity index (χ0v) is 12.3. The molecular weight excluding hydrogens is 246 g/mol. The van der Waals surface area contributed by atoms with E-state index >= 15 is 0 Å². The van der Waals surface area contributed by atoms with E-state index in [2.05, 4.69) is 46.5 Å². The molecule has 0 amide bonds. The van der Waals surface area contributed by atoms with Crippen molar-refractivity contribution in [2.45, 2.75) is 38.6 Å². The number of pyridine rings is 2. The minimum absolute atomic E-state index is 0.461. The fraction of sp³-hybridized carbons (Fsp3) is 0.412. The van der Waals surface area contributed by atoms with E-state index in [1.165, 1.54) is 11.1 Å². The minimum Gasteiger partial charge on any atom is -0.317 e. The Morgan fingerprint density at radius 3 is 2.50 bits per heavy atom. The summed E-state index contributed by atoms with van der Waals surface area (Å²) in [5.41, 5.74) is 3.80. The predicted molar refractivity (Wildman–Crippen MR) is 82.7 cm³/mol. The molecule has 0 aliphatic carbocycles. The highest BCUT2D eigenvalue weighted by Crippen LogP contribution is 2.09. The van der Waals surface area contributed by atoms with Crippen molar-refractivity contribution in [1.82, 2.24) is 15.3 Å². The first-order valence-corrected chi connectivity index (χ1v) is 7.31. The molecule has 106 valence electrons. The number of nitrogens with one attached hydrogen (secondary N) is 1. The molecule has 20 heavy (non-hydrogen) atoms. The minimum atomic E-state index is 0.461. The molecule has 0 aliphatic rings. The van der Waals surface area contributed by atoms with Gasteiger partial charge in [0.05, 0.1) is 0 Å². The van der Waals surface area contributed by atoms with Crippen LogP contribution in [0.15, 0.2) is 42.9 Å². The van der Waals surface area contributed by atoms with Gasteiger partial charge in [0.25, 0.3) is 0 Å². The van der Waals surface area contributed by atoms with E-state index < -0.39 is 0 Å². The highest BCUT2D eigenvalue weighted by Gasteiger charge is 2.08. The average molecular weight is 269 g/mol. The van der Waals surface area contributed by atoms with Crippen molar-refractivity contribution in [3.8, 4) is 0 Å². The molecule has 2 aromatic heterocycles. The number of likely N-dealkylation sites (N-methyl/N-ethyl adjacent to an activating group) is 1. The van der Waals surface area contributed by atoms with Gasteiger partial charge in [0.15, 0.2) is 0 Å². The van der Waals surface area contributed by atoms with Crippen LogP contribution in [0, 0.1) is 0 Å². The molecule has 1 atom stereocenters. The third-order valence-corrected chi connectivity index (χ3v) is 3.69. The van der Waals surface area contributed by atoms with Crippen molar-refractivity contribution >= 4 is 0 Å². The Hall–Kier alpha value is -1.74. The van der Waals surface area contributed by atoms with E-state index in [4.69, 9.17) is 0 Å². The third-order valence-electron chi connectivity index (χ3n) is 3.69. The maximum atomic E-state index is 4.54. The van der Waals surface area contributed by atoms with E-state index in [1.807, 2.05) is 25.6 Å². The largest absolute Gasteiger partial charge is 0.317 e. The van der Waals surface area contributed by atoms with Crippen molar-refractivity contribution < 1.29 is 0 Å². The molecule has 0 saturated heterocycles. The highest BCUT2D eigenvalue weighted by molar-refractivity contribution is 5.15. The van der Waals surface area contributed by atoms with Gasteiger partial charge in [-0.3, -0.25) is 9.97 Å². The van der Waals surface area contributed by atoms with Crippen LogP contribution in [0.1, 0.15) is 30.2 Å². The Morgan fingerprint density at radius 2 is 1.90 bits per heavy atom. The summed E-state index contributed by atoms with van der Waals surface area (Å²) in [5.74, 6) is 0. The van der Waals surface area contributed by atoms with E-state index in [9.17, 15) is 0 Å². The van der Waals surface area contributed by atoms with Gasteiger partial charge >= 0.3 is 0 Å².